The van der Waals surface area contributed by atoms with E-state index in [0.29, 0.717) is 13.2 Å². The third-order valence-electron chi connectivity index (χ3n) is 2.54. The number of amides is 1. The van der Waals surface area contributed by atoms with Crippen molar-refractivity contribution < 1.29 is 9.53 Å². The summed E-state index contributed by atoms with van der Waals surface area (Å²) >= 11 is 0. The number of methoxy groups -OCH3 is 1. The Hall–Kier alpha value is -1.62. The zero-order valence-corrected chi connectivity index (χ0v) is 10.4. The smallest absolute Gasteiger partial charge is 0.261 e. The molecule has 1 aromatic heterocycles. The highest BCUT2D eigenvalue weighted by atomic mass is 16.5. The van der Waals surface area contributed by atoms with Gasteiger partial charge in [-0.3, -0.25) is 9.59 Å². The highest BCUT2D eigenvalue weighted by molar-refractivity contribution is 5.93. The van der Waals surface area contributed by atoms with Crippen molar-refractivity contribution in [1.29, 1.82) is 0 Å². The van der Waals surface area contributed by atoms with Crippen LogP contribution in [0, 0.1) is 6.92 Å². The second kappa shape index (κ2) is 6.20. The maximum Gasteiger partial charge on any atom is 0.261 e. The van der Waals surface area contributed by atoms with Gasteiger partial charge in [0.2, 0.25) is 0 Å². The molecule has 94 valence electrons. The second-order valence-corrected chi connectivity index (χ2v) is 3.78. The first kappa shape index (κ1) is 13.4. The Morgan fingerprint density at radius 1 is 1.53 bits per heavy atom. The Kier molecular flexibility index (Phi) is 4.90. The molecule has 0 bridgehead atoms. The number of aryl methyl sites for hydroxylation is 2. The minimum absolute atomic E-state index is 0.149. The molecule has 1 aromatic rings. The van der Waals surface area contributed by atoms with E-state index in [1.165, 1.54) is 0 Å². The van der Waals surface area contributed by atoms with Crippen LogP contribution >= 0.6 is 0 Å². The van der Waals surface area contributed by atoms with E-state index in [1.807, 2.05) is 13.8 Å². The van der Waals surface area contributed by atoms with Crippen molar-refractivity contribution in [3.63, 3.8) is 0 Å². The molecule has 0 aromatic carbocycles. The lowest BCUT2D eigenvalue weighted by Gasteiger charge is -2.07. The molecule has 0 unspecified atom stereocenters. The van der Waals surface area contributed by atoms with Gasteiger partial charge < -0.3 is 15.0 Å². The first-order valence-corrected chi connectivity index (χ1v) is 5.60. The van der Waals surface area contributed by atoms with E-state index in [-0.39, 0.29) is 17.0 Å². The predicted octanol–water partition coefficient (Wildman–Crippen LogP) is 0.622. The summed E-state index contributed by atoms with van der Waals surface area (Å²) in [5.41, 5.74) is 1.59. The minimum atomic E-state index is -0.367. The van der Waals surface area contributed by atoms with Gasteiger partial charge in [0.25, 0.3) is 11.5 Å². The molecular formula is C12H18N2O3. The lowest BCUT2D eigenvalue weighted by molar-refractivity contribution is 0.0935. The topological polar surface area (TPSA) is 71.2 Å². The first-order valence-electron chi connectivity index (χ1n) is 5.60. The van der Waals surface area contributed by atoms with Crippen LogP contribution in [0.25, 0.3) is 0 Å². The van der Waals surface area contributed by atoms with Gasteiger partial charge >= 0.3 is 0 Å². The lowest BCUT2D eigenvalue weighted by atomic mass is 10.1. The van der Waals surface area contributed by atoms with Gasteiger partial charge in [-0.25, -0.2) is 0 Å². The van der Waals surface area contributed by atoms with Crippen LogP contribution in [0.5, 0.6) is 0 Å². The van der Waals surface area contributed by atoms with E-state index in [1.54, 1.807) is 13.2 Å². The summed E-state index contributed by atoms with van der Waals surface area (Å²) in [5, 5.41) is 2.62. The third kappa shape index (κ3) is 3.42. The molecule has 0 atom stereocenters. The number of carbonyl (C=O) groups excluding carboxylic acids is 1. The standard InChI is InChI=1S/C12H18N2O3/c1-4-10-8(2)7-9(12(16)14-10)11(15)13-5-6-17-3/h7H,4-6H2,1-3H3,(H,13,15)(H,14,16). The molecule has 0 aliphatic rings. The molecule has 1 heterocycles. The Labute approximate surface area is 100 Å². The summed E-state index contributed by atoms with van der Waals surface area (Å²) in [6, 6.07) is 1.62. The first-order chi connectivity index (χ1) is 8.10. The Morgan fingerprint density at radius 3 is 2.82 bits per heavy atom. The average Bonchev–Trinajstić information content (AvgIpc) is 2.31. The number of hydrogen-bond donors (Lipinski definition) is 2. The van der Waals surface area contributed by atoms with E-state index in [0.717, 1.165) is 17.7 Å². The zero-order valence-electron chi connectivity index (χ0n) is 10.4. The quantitative estimate of drug-likeness (QED) is 0.739. The molecule has 0 aliphatic carbocycles. The van der Waals surface area contributed by atoms with Crippen LogP contribution in [-0.4, -0.2) is 31.2 Å². The van der Waals surface area contributed by atoms with Crippen molar-refractivity contribution in [1.82, 2.24) is 10.3 Å². The second-order valence-electron chi connectivity index (χ2n) is 3.78. The summed E-state index contributed by atoms with van der Waals surface area (Å²) in [6.45, 7) is 4.65. The van der Waals surface area contributed by atoms with Crippen LogP contribution in [0.4, 0.5) is 0 Å². The summed E-state index contributed by atoms with van der Waals surface area (Å²) in [6.07, 6.45) is 0.743. The van der Waals surface area contributed by atoms with E-state index in [2.05, 4.69) is 10.3 Å². The number of rotatable bonds is 5. The molecule has 0 aliphatic heterocycles. The number of aromatic amines is 1. The van der Waals surface area contributed by atoms with Crippen LogP contribution in [-0.2, 0) is 11.2 Å². The summed E-state index contributed by atoms with van der Waals surface area (Å²) in [4.78, 5) is 26.1. The van der Waals surface area contributed by atoms with Crippen molar-refractivity contribution >= 4 is 5.91 Å². The zero-order chi connectivity index (χ0) is 12.8. The molecule has 5 heteroatoms. The number of aromatic nitrogens is 1. The maximum absolute atomic E-state index is 11.7. The molecule has 0 saturated heterocycles. The fourth-order valence-corrected chi connectivity index (χ4v) is 1.57. The Balaban J connectivity index is 2.87. The molecule has 2 N–H and O–H groups in total. The number of carbonyl (C=O) groups is 1. The van der Waals surface area contributed by atoms with Crippen LogP contribution in [0.15, 0.2) is 10.9 Å². The number of pyridine rings is 1. The molecule has 17 heavy (non-hydrogen) atoms. The molecule has 0 spiro atoms. The highest BCUT2D eigenvalue weighted by Crippen LogP contribution is 2.04. The molecule has 1 amide bonds. The Morgan fingerprint density at radius 2 is 2.24 bits per heavy atom. The van der Waals surface area contributed by atoms with Gasteiger partial charge in [-0.1, -0.05) is 6.92 Å². The van der Waals surface area contributed by atoms with Gasteiger partial charge in [0.15, 0.2) is 0 Å². The van der Waals surface area contributed by atoms with E-state index < -0.39 is 0 Å². The lowest BCUT2D eigenvalue weighted by Crippen LogP contribution is -2.32. The average molecular weight is 238 g/mol. The van der Waals surface area contributed by atoms with Crippen molar-refractivity contribution in [2.24, 2.45) is 0 Å². The van der Waals surface area contributed by atoms with Gasteiger partial charge in [0.1, 0.15) is 5.56 Å². The van der Waals surface area contributed by atoms with Crippen LogP contribution < -0.4 is 10.9 Å². The molecule has 0 saturated carbocycles. The van der Waals surface area contributed by atoms with Gasteiger partial charge in [-0.15, -0.1) is 0 Å². The van der Waals surface area contributed by atoms with Crippen LogP contribution in [0.1, 0.15) is 28.5 Å². The van der Waals surface area contributed by atoms with E-state index in [9.17, 15) is 9.59 Å². The predicted molar refractivity (Wildman–Crippen MR) is 65.4 cm³/mol. The van der Waals surface area contributed by atoms with Crippen LogP contribution in [0.2, 0.25) is 0 Å². The summed E-state index contributed by atoms with van der Waals surface area (Å²) in [7, 11) is 1.55. The molecule has 1 rings (SSSR count). The van der Waals surface area contributed by atoms with Gasteiger partial charge in [0.05, 0.1) is 6.61 Å². The minimum Gasteiger partial charge on any atom is -0.383 e. The normalized spacial score (nSPS) is 10.3. The van der Waals surface area contributed by atoms with Crippen molar-refractivity contribution in [2.75, 3.05) is 20.3 Å². The highest BCUT2D eigenvalue weighted by Gasteiger charge is 2.11. The monoisotopic (exact) mass is 238 g/mol. The number of ether oxygens (including phenoxy) is 1. The van der Waals surface area contributed by atoms with Crippen LogP contribution in [0.3, 0.4) is 0 Å². The molecule has 0 radical (unpaired) electrons. The van der Waals surface area contributed by atoms with Crippen molar-refractivity contribution in [2.45, 2.75) is 20.3 Å². The number of H-pyrrole nitrogens is 1. The molecule has 5 nitrogen and oxygen atoms in total. The van der Waals surface area contributed by atoms with Gasteiger partial charge in [-0.05, 0) is 25.0 Å². The van der Waals surface area contributed by atoms with Gasteiger partial charge in [-0.2, -0.15) is 0 Å². The fourth-order valence-electron chi connectivity index (χ4n) is 1.57. The van der Waals surface area contributed by atoms with E-state index in [4.69, 9.17) is 4.74 Å². The fraction of sp³-hybridized carbons (Fsp3) is 0.500. The molecule has 0 fully saturated rings. The third-order valence-corrected chi connectivity index (χ3v) is 2.54. The van der Waals surface area contributed by atoms with Crippen molar-refractivity contribution in [3.8, 4) is 0 Å². The van der Waals surface area contributed by atoms with Crippen molar-refractivity contribution in [3.05, 3.63) is 33.2 Å². The number of nitrogens with one attached hydrogen (secondary N) is 2. The summed E-state index contributed by atoms with van der Waals surface area (Å²) < 4.78 is 4.82. The maximum atomic E-state index is 11.7. The SMILES string of the molecule is CCc1[nH]c(=O)c(C(=O)NCCOC)cc1C. The summed E-state index contributed by atoms with van der Waals surface area (Å²) in [5.74, 6) is -0.367. The Bertz CT molecular complexity index is 452. The number of hydrogen-bond acceptors (Lipinski definition) is 3. The molecular weight excluding hydrogens is 220 g/mol. The van der Waals surface area contributed by atoms with E-state index >= 15 is 0 Å². The largest absolute Gasteiger partial charge is 0.383 e. The van der Waals surface area contributed by atoms with Gasteiger partial charge in [0, 0.05) is 19.3 Å².